The van der Waals surface area contributed by atoms with E-state index < -0.39 is 224 Å². The zero-order valence-corrected chi connectivity index (χ0v) is 63.8. The second kappa shape index (κ2) is 37.8. The predicted molar refractivity (Wildman–Crippen MR) is 374 cm³/mol. The van der Waals surface area contributed by atoms with Crippen LogP contribution in [0.5, 0.6) is 0 Å². The number of piperidine rings is 1. The number of carbonyl (C=O) groups excluding carboxylic acids is 13. The van der Waals surface area contributed by atoms with Gasteiger partial charge in [-0.15, -0.1) is 11.6 Å². The molecule has 3 unspecified atom stereocenters. The molecule has 5 rings (SSSR count). The van der Waals surface area contributed by atoms with Gasteiger partial charge in [0.2, 0.25) is 76.8 Å². The number of hydrogen-bond donors (Lipinski definition) is 4. The summed E-state index contributed by atoms with van der Waals surface area (Å²) in [5.41, 5.74) is -1.84. The van der Waals surface area contributed by atoms with Crippen molar-refractivity contribution in [3.8, 4) is 0 Å². The van der Waals surface area contributed by atoms with Gasteiger partial charge in [-0.2, -0.15) is 13.2 Å². The van der Waals surface area contributed by atoms with Gasteiger partial charge in [0.1, 0.15) is 47.8 Å². The van der Waals surface area contributed by atoms with Crippen molar-refractivity contribution in [2.75, 3.05) is 96.2 Å². The van der Waals surface area contributed by atoms with Crippen molar-refractivity contribution in [3.05, 3.63) is 0 Å². The summed E-state index contributed by atoms with van der Waals surface area (Å²) < 4.78 is 71.4. The lowest BCUT2D eigenvalue weighted by Crippen LogP contribution is -2.65. The molecule has 0 aromatic carbocycles. The molecule has 32 heteroatoms. The predicted octanol–water partition coefficient (Wildman–Crippen LogP) is 4.78. The molecule has 11 atom stereocenters. The number of likely N-dealkylation sites (tertiary alicyclic amines) is 1. The van der Waals surface area contributed by atoms with E-state index in [-0.39, 0.29) is 69.6 Å². The summed E-state index contributed by atoms with van der Waals surface area (Å²) in [7, 11) is 12.0. The first-order valence-corrected chi connectivity index (χ1v) is 37.0. The second-order valence-electron chi connectivity index (χ2n) is 30.7. The Morgan fingerprint density at radius 3 is 1.75 bits per heavy atom. The van der Waals surface area contributed by atoms with E-state index in [0.717, 1.165) is 78.4 Å². The third-order valence-electron chi connectivity index (χ3n) is 21.8. The number of nitrogens with zero attached hydrogens (tertiary/aromatic N) is 9. The number of amides is 13. The highest BCUT2D eigenvalue weighted by molar-refractivity contribution is 6.21. The monoisotopic (exact) mass is 1490 g/mol. The Balaban J connectivity index is 1.65. The summed E-state index contributed by atoms with van der Waals surface area (Å²) in [6.45, 7) is 7.66. The van der Waals surface area contributed by atoms with Gasteiger partial charge in [-0.05, 0) is 87.4 Å². The minimum Gasteiger partial charge on any atom is -0.347 e. The molecule has 26 nitrogen and oxygen atoms in total. The van der Waals surface area contributed by atoms with Crippen molar-refractivity contribution >= 4 is 88.4 Å². The molecule has 0 aromatic heterocycles. The van der Waals surface area contributed by atoms with Gasteiger partial charge in [0, 0.05) is 94.7 Å². The van der Waals surface area contributed by atoms with Crippen LogP contribution < -0.4 is 21.3 Å². The first-order valence-electron chi connectivity index (χ1n) is 36.5. The molecule has 0 aromatic rings. The molecule has 584 valence electrons. The lowest BCUT2D eigenvalue weighted by atomic mass is 9.78. The van der Waals surface area contributed by atoms with Crippen molar-refractivity contribution in [1.82, 2.24) is 65.4 Å². The van der Waals surface area contributed by atoms with Crippen molar-refractivity contribution in [1.29, 1.82) is 0 Å². The van der Waals surface area contributed by atoms with E-state index in [4.69, 9.17) is 11.6 Å². The summed E-state index contributed by atoms with van der Waals surface area (Å²) in [5, 5.41) is 9.71. The van der Waals surface area contributed by atoms with Crippen molar-refractivity contribution in [2.24, 2.45) is 35.5 Å². The number of alkyl halides is 6. The SMILES string of the molecule is CC[C@H](C)[C@@H]1NC(=O)[C@H](CC(C)C)N(C)C(=O)C[C@@H](C(=O)N(C)C)NC(=O)[C@H](C(C)C)N(C)C(=O)C2(CCCC2)NC(=O)[C@H](CC(=O)N2CCC(F)(F)CC2)N(C)C(=O)[C@H](CCC2CCC(C(F)(F)F)C(Cl)C2)NC(=O)CN(C)C(=O)[C@H](CC2CCCCC2)N(C)C(=O)CN(C)C(=O)CN(C)C1=O. The maximum absolute atomic E-state index is 15.4. The lowest BCUT2D eigenvalue weighted by Gasteiger charge is -2.40. The fraction of sp³-hybridized carbons (Fsp3) is 0.817. The van der Waals surface area contributed by atoms with Crippen LogP contribution in [-0.4, -0.2) is 282 Å². The minimum atomic E-state index is -4.59. The van der Waals surface area contributed by atoms with Crippen LogP contribution in [0.25, 0.3) is 0 Å². The largest absolute Gasteiger partial charge is 0.393 e. The van der Waals surface area contributed by atoms with Gasteiger partial charge in [-0.3, -0.25) is 62.3 Å². The molecule has 3 saturated carbocycles. The van der Waals surface area contributed by atoms with E-state index in [9.17, 15) is 69.9 Å². The highest BCUT2D eigenvalue weighted by atomic mass is 35.5. The number of nitrogens with one attached hydrogen (secondary N) is 4. The number of rotatable bonds is 13. The Morgan fingerprint density at radius 2 is 1.19 bits per heavy atom. The first kappa shape index (κ1) is 86.7. The van der Waals surface area contributed by atoms with Gasteiger partial charge in [-0.1, -0.05) is 92.9 Å². The van der Waals surface area contributed by atoms with Gasteiger partial charge in [0.15, 0.2) is 0 Å². The molecule has 5 aliphatic rings. The van der Waals surface area contributed by atoms with Gasteiger partial charge in [0.25, 0.3) is 5.92 Å². The summed E-state index contributed by atoms with van der Waals surface area (Å²) in [6.07, 6.45) is -2.89. The molecule has 3 aliphatic carbocycles. The fourth-order valence-corrected chi connectivity index (χ4v) is 15.5. The highest BCUT2D eigenvalue weighted by Gasteiger charge is 2.51. The average Bonchev–Trinajstić information content (AvgIpc) is 1.75. The number of carbonyl (C=O) groups is 13. The average molecular weight is 1490 g/mol. The molecule has 13 amide bonds. The van der Waals surface area contributed by atoms with Gasteiger partial charge >= 0.3 is 6.18 Å². The van der Waals surface area contributed by atoms with Gasteiger partial charge in [-0.25, -0.2) is 8.78 Å². The van der Waals surface area contributed by atoms with E-state index in [1.165, 1.54) is 61.3 Å². The molecule has 4 N–H and O–H groups in total. The van der Waals surface area contributed by atoms with Crippen LogP contribution in [0.2, 0.25) is 0 Å². The summed E-state index contributed by atoms with van der Waals surface area (Å²) >= 11 is 6.38. The quantitative estimate of drug-likeness (QED) is 0.143. The number of halogens is 6. The molecular formula is C71H115ClF5N13O13. The Morgan fingerprint density at radius 1 is 0.612 bits per heavy atom. The van der Waals surface area contributed by atoms with E-state index in [1.54, 1.807) is 27.7 Å². The van der Waals surface area contributed by atoms with Crippen LogP contribution in [0.3, 0.4) is 0 Å². The van der Waals surface area contributed by atoms with Crippen LogP contribution >= 0.6 is 11.6 Å². The lowest BCUT2D eigenvalue weighted by molar-refractivity contribution is -0.182. The normalized spacial score (nSPS) is 28.4. The standard InChI is InChI=1S/C71H115ClF5N13O13/c1-16-44(6)59-67(102)85(11)40-57(94)83(9)41-58(95)87(13)53(36-45-22-18-17-19-23-45)66(101)84(10)39-54(91)78-49(27-25-46-24-26-47(48(72)35-46)71(75,76)77)65(100)88(14)52(38-56(93)90-32-30-70(73,74)31-33-90)62(97)81-69(28-20-21-29-69)68(103)89(15)60(43(4)5)63(98)79-50(64(99)82(7)8)37-55(92)86(12)51(34-42(2)3)61(96)80-59/h42-53,59-60H,16-41H2,1-15H3,(H,78,91)(H,79,98)(H,80,96)(H,81,97)/t44-,46?,47?,48?,49-,50-,51-,52-,53-,59-,60-/m0/s1. The molecule has 1 spiro atoms. The zero-order chi connectivity index (χ0) is 77.5. The van der Waals surface area contributed by atoms with Crippen LogP contribution in [0.4, 0.5) is 22.0 Å². The molecule has 5 fully saturated rings. The summed E-state index contributed by atoms with van der Waals surface area (Å²) in [4.78, 5) is 201. The fourth-order valence-electron chi connectivity index (χ4n) is 15.0. The van der Waals surface area contributed by atoms with Gasteiger partial charge < -0.3 is 65.4 Å². The summed E-state index contributed by atoms with van der Waals surface area (Å²) in [5.74, 6) is -17.4. The first-order chi connectivity index (χ1) is 47.9. The Hall–Kier alpha value is -6.95. The minimum absolute atomic E-state index is 0.00625. The molecule has 0 radical (unpaired) electrons. The Kier molecular flexibility index (Phi) is 31.9. The van der Waals surface area contributed by atoms with Crippen molar-refractivity contribution in [3.63, 3.8) is 0 Å². The Labute approximate surface area is 609 Å². The van der Waals surface area contributed by atoms with Crippen LogP contribution in [0, 0.1) is 35.5 Å². The van der Waals surface area contributed by atoms with Crippen LogP contribution in [0.1, 0.15) is 176 Å². The molecule has 2 heterocycles. The molecule has 2 saturated heterocycles. The third-order valence-corrected chi connectivity index (χ3v) is 22.3. The number of likely N-dealkylation sites (N-methyl/N-ethyl adjacent to an activating group) is 8. The number of hydrogen-bond acceptors (Lipinski definition) is 13. The second-order valence-corrected chi connectivity index (χ2v) is 31.3. The van der Waals surface area contributed by atoms with E-state index in [1.807, 2.05) is 13.8 Å². The maximum Gasteiger partial charge on any atom is 0.393 e. The van der Waals surface area contributed by atoms with E-state index in [0.29, 0.717) is 19.3 Å². The summed E-state index contributed by atoms with van der Waals surface area (Å²) in [6, 6.07) is -10.2. The van der Waals surface area contributed by atoms with Crippen molar-refractivity contribution in [2.45, 2.75) is 242 Å². The molecule has 2 aliphatic heterocycles. The van der Waals surface area contributed by atoms with E-state index >= 15 is 14.4 Å². The smallest absolute Gasteiger partial charge is 0.347 e. The van der Waals surface area contributed by atoms with Gasteiger partial charge in [0.05, 0.1) is 38.4 Å². The molecular weight excluding hydrogens is 1370 g/mol. The van der Waals surface area contributed by atoms with Crippen LogP contribution in [0.15, 0.2) is 0 Å². The van der Waals surface area contributed by atoms with Crippen LogP contribution in [-0.2, 0) is 62.3 Å². The zero-order valence-electron chi connectivity index (χ0n) is 63.1. The third kappa shape index (κ3) is 23.5. The topological polar surface area (TPSA) is 299 Å². The molecule has 0 bridgehead atoms. The van der Waals surface area contributed by atoms with Crippen molar-refractivity contribution < 1.29 is 84.3 Å². The molecule has 103 heavy (non-hydrogen) atoms. The Bertz CT molecular complexity index is 3020. The van der Waals surface area contributed by atoms with E-state index in [2.05, 4.69) is 21.3 Å². The highest BCUT2D eigenvalue weighted by Crippen LogP contribution is 2.44. The maximum atomic E-state index is 15.4.